The fourth-order valence-electron chi connectivity index (χ4n) is 2.99. The summed E-state index contributed by atoms with van der Waals surface area (Å²) in [6, 6.07) is 7.81. The van der Waals surface area contributed by atoms with E-state index in [2.05, 4.69) is 11.7 Å². The molecule has 0 aliphatic heterocycles. The zero-order chi connectivity index (χ0) is 19.9. The molecule has 0 spiro atoms. The Morgan fingerprint density at radius 3 is 2.33 bits per heavy atom. The average molecular weight is 377 g/mol. The van der Waals surface area contributed by atoms with E-state index in [-0.39, 0.29) is 5.97 Å². The van der Waals surface area contributed by atoms with Crippen LogP contribution in [0.1, 0.15) is 88.4 Å². The highest BCUT2D eigenvalue weighted by atomic mass is 16.5. The molecule has 1 rings (SSSR count). The number of aliphatic hydroxyl groups excluding tert-OH is 2. The quantitative estimate of drug-likeness (QED) is 0.346. The SMILES string of the molecule is CCCCCCCCC(O)c1ccc(C=CC(O)CCCC(=O)OC)cc1. The van der Waals surface area contributed by atoms with Gasteiger partial charge in [-0.2, -0.15) is 0 Å². The topological polar surface area (TPSA) is 66.8 Å². The number of rotatable bonds is 14. The molecule has 4 heteroatoms. The Hall–Kier alpha value is -1.65. The van der Waals surface area contributed by atoms with E-state index in [4.69, 9.17) is 0 Å². The molecule has 4 nitrogen and oxygen atoms in total. The molecule has 2 atom stereocenters. The Balaban J connectivity index is 2.32. The highest BCUT2D eigenvalue weighted by molar-refractivity contribution is 5.69. The van der Waals surface area contributed by atoms with Gasteiger partial charge in [0.05, 0.1) is 19.3 Å². The molecule has 2 N–H and O–H groups in total. The smallest absolute Gasteiger partial charge is 0.305 e. The van der Waals surface area contributed by atoms with Crippen LogP contribution < -0.4 is 0 Å². The van der Waals surface area contributed by atoms with Crippen molar-refractivity contribution in [2.75, 3.05) is 7.11 Å². The maximum absolute atomic E-state index is 11.0. The van der Waals surface area contributed by atoms with Crippen LogP contribution in [0.4, 0.5) is 0 Å². The molecule has 1 aromatic rings. The summed E-state index contributed by atoms with van der Waals surface area (Å²) >= 11 is 0. The van der Waals surface area contributed by atoms with Crippen LogP contribution in [0.15, 0.2) is 30.3 Å². The second-order valence-electron chi connectivity index (χ2n) is 7.13. The van der Waals surface area contributed by atoms with E-state index >= 15 is 0 Å². The highest BCUT2D eigenvalue weighted by Gasteiger charge is 2.07. The molecule has 0 saturated carbocycles. The van der Waals surface area contributed by atoms with E-state index in [1.54, 1.807) is 6.08 Å². The van der Waals surface area contributed by atoms with Gasteiger partial charge >= 0.3 is 5.97 Å². The van der Waals surface area contributed by atoms with E-state index in [0.29, 0.717) is 19.3 Å². The maximum atomic E-state index is 11.0. The number of aliphatic hydroxyl groups is 2. The number of carbonyl (C=O) groups excluding carboxylic acids is 1. The third-order valence-electron chi connectivity index (χ3n) is 4.77. The second-order valence-corrected chi connectivity index (χ2v) is 7.13. The van der Waals surface area contributed by atoms with Gasteiger partial charge in [0.1, 0.15) is 0 Å². The average Bonchev–Trinajstić information content (AvgIpc) is 2.69. The lowest BCUT2D eigenvalue weighted by atomic mass is 10.0. The van der Waals surface area contributed by atoms with Crippen molar-refractivity contribution >= 4 is 12.0 Å². The van der Waals surface area contributed by atoms with Crippen LogP contribution in [-0.4, -0.2) is 29.4 Å². The van der Waals surface area contributed by atoms with Gasteiger partial charge in [0.2, 0.25) is 0 Å². The molecule has 0 aliphatic carbocycles. The summed E-state index contributed by atoms with van der Waals surface area (Å²) in [6.07, 6.45) is 12.2. The predicted octanol–water partition coefficient (Wildman–Crippen LogP) is 5.19. The minimum absolute atomic E-state index is 0.249. The molecule has 0 saturated heterocycles. The molecule has 0 aliphatic rings. The van der Waals surface area contributed by atoms with Crippen LogP contribution in [0.3, 0.4) is 0 Å². The Kier molecular flexibility index (Phi) is 12.5. The van der Waals surface area contributed by atoms with Gasteiger partial charge in [0.25, 0.3) is 0 Å². The molecule has 0 bridgehead atoms. The van der Waals surface area contributed by atoms with Crippen LogP contribution in [0, 0.1) is 0 Å². The third-order valence-corrected chi connectivity index (χ3v) is 4.77. The van der Waals surface area contributed by atoms with E-state index in [1.807, 2.05) is 30.3 Å². The summed E-state index contributed by atoms with van der Waals surface area (Å²) in [5.41, 5.74) is 1.93. The number of ether oxygens (including phenoxy) is 1. The van der Waals surface area contributed by atoms with Gasteiger partial charge < -0.3 is 14.9 Å². The van der Waals surface area contributed by atoms with Crippen LogP contribution in [0.2, 0.25) is 0 Å². The number of unbranched alkanes of at least 4 members (excludes halogenated alkanes) is 5. The van der Waals surface area contributed by atoms with E-state index in [1.165, 1.54) is 39.2 Å². The van der Waals surface area contributed by atoms with Crippen molar-refractivity contribution < 1.29 is 19.7 Å². The van der Waals surface area contributed by atoms with Gasteiger partial charge in [-0.3, -0.25) is 4.79 Å². The fraction of sp³-hybridized carbons (Fsp3) is 0.609. The number of methoxy groups -OCH3 is 1. The standard InChI is InChI=1S/C23H36O4/c1-3-4-5-6-7-8-11-22(25)20-16-13-19(14-17-20)15-18-21(24)10-9-12-23(26)27-2/h13-18,21-22,24-25H,3-12H2,1-2H3. The van der Waals surface area contributed by atoms with Gasteiger partial charge in [-0.25, -0.2) is 0 Å². The molecule has 0 aromatic heterocycles. The van der Waals surface area contributed by atoms with E-state index < -0.39 is 12.2 Å². The minimum atomic E-state index is -0.576. The third kappa shape index (κ3) is 10.9. The Bertz CT molecular complexity index is 536. The molecular weight excluding hydrogens is 340 g/mol. The van der Waals surface area contributed by atoms with Crippen LogP contribution in [0.25, 0.3) is 6.08 Å². The zero-order valence-electron chi connectivity index (χ0n) is 16.9. The monoisotopic (exact) mass is 376 g/mol. The summed E-state index contributed by atoms with van der Waals surface area (Å²) in [5, 5.41) is 20.2. The van der Waals surface area contributed by atoms with Crippen molar-refractivity contribution in [3.63, 3.8) is 0 Å². The molecule has 27 heavy (non-hydrogen) atoms. The van der Waals surface area contributed by atoms with Crippen molar-refractivity contribution in [3.8, 4) is 0 Å². The number of esters is 1. The van der Waals surface area contributed by atoms with Crippen molar-refractivity contribution in [1.82, 2.24) is 0 Å². The molecule has 1 aromatic carbocycles. The summed E-state index contributed by atoms with van der Waals surface area (Å²) in [7, 11) is 1.37. The van der Waals surface area contributed by atoms with Gasteiger partial charge in [-0.05, 0) is 30.4 Å². The van der Waals surface area contributed by atoms with Crippen molar-refractivity contribution in [2.45, 2.75) is 83.3 Å². The second kappa shape index (κ2) is 14.4. The molecule has 0 radical (unpaired) electrons. The van der Waals surface area contributed by atoms with Crippen LogP contribution in [0.5, 0.6) is 0 Å². The summed E-state index contributed by atoms with van der Waals surface area (Å²) < 4.78 is 4.58. The largest absolute Gasteiger partial charge is 0.469 e. The number of hydrogen-bond acceptors (Lipinski definition) is 4. The number of hydrogen-bond donors (Lipinski definition) is 2. The first-order chi connectivity index (χ1) is 13.1. The predicted molar refractivity (Wildman–Crippen MR) is 110 cm³/mol. The van der Waals surface area contributed by atoms with Gasteiger partial charge in [0.15, 0.2) is 0 Å². The summed E-state index contributed by atoms with van der Waals surface area (Å²) in [5.74, 6) is -0.249. The number of carbonyl (C=O) groups is 1. The molecule has 0 heterocycles. The Morgan fingerprint density at radius 1 is 1.00 bits per heavy atom. The lowest BCUT2D eigenvalue weighted by Crippen LogP contribution is -2.05. The molecular formula is C23H36O4. The van der Waals surface area contributed by atoms with Gasteiger partial charge in [-0.15, -0.1) is 0 Å². The lowest BCUT2D eigenvalue weighted by Gasteiger charge is -2.11. The van der Waals surface area contributed by atoms with Crippen molar-refractivity contribution in [2.24, 2.45) is 0 Å². The van der Waals surface area contributed by atoms with Gasteiger partial charge in [0, 0.05) is 6.42 Å². The van der Waals surface area contributed by atoms with Crippen molar-refractivity contribution in [1.29, 1.82) is 0 Å². The van der Waals surface area contributed by atoms with Crippen LogP contribution in [-0.2, 0) is 9.53 Å². The summed E-state index contributed by atoms with van der Waals surface area (Å²) in [4.78, 5) is 11.0. The van der Waals surface area contributed by atoms with Gasteiger partial charge in [-0.1, -0.05) is 81.9 Å². The normalized spacial score (nSPS) is 13.6. The highest BCUT2D eigenvalue weighted by Crippen LogP contribution is 2.21. The zero-order valence-corrected chi connectivity index (χ0v) is 16.9. The van der Waals surface area contributed by atoms with E-state index in [9.17, 15) is 15.0 Å². The first-order valence-corrected chi connectivity index (χ1v) is 10.3. The van der Waals surface area contributed by atoms with Crippen LogP contribution >= 0.6 is 0 Å². The van der Waals surface area contributed by atoms with E-state index in [0.717, 1.165) is 24.0 Å². The maximum Gasteiger partial charge on any atom is 0.305 e. The minimum Gasteiger partial charge on any atom is -0.469 e. The molecule has 0 amide bonds. The lowest BCUT2D eigenvalue weighted by molar-refractivity contribution is -0.140. The van der Waals surface area contributed by atoms with Crippen molar-refractivity contribution in [3.05, 3.63) is 41.5 Å². The Labute approximate surface area is 164 Å². The first kappa shape index (κ1) is 23.4. The first-order valence-electron chi connectivity index (χ1n) is 10.3. The fourth-order valence-corrected chi connectivity index (χ4v) is 2.99. The molecule has 152 valence electrons. The molecule has 0 fully saturated rings. The molecule has 2 unspecified atom stereocenters. The number of benzene rings is 1. The Morgan fingerprint density at radius 2 is 1.67 bits per heavy atom. The summed E-state index contributed by atoms with van der Waals surface area (Å²) in [6.45, 7) is 2.22.